The van der Waals surface area contributed by atoms with Gasteiger partial charge in [-0.25, -0.2) is 0 Å². The number of hydrogen-bond donors (Lipinski definition) is 1. The average molecular weight is 207 g/mol. The lowest BCUT2D eigenvalue weighted by Crippen LogP contribution is -2.03. The lowest BCUT2D eigenvalue weighted by molar-refractivity contribution is 1.22. The van der Waals surface area contributed by atoms with Crippen LogP contribution in [0.3, 0.4) is 0 Å². The molecule has 0 aliphatic rings. The van der Waals surface area contributed by atoms with Gasteiger partial charge in [0, 0.05) is 5.56 Å². The van der Waals surface area contributed by atoms with Crippen LogP contribution in [-0.2, 0) is 0 Å². The predicted octanol–water partition coefficient (Wildman–Crippen LogP) is 3.61. The molecular weight excluding hydrogens is 190 g/mol. The zero-order valence-electron chi connectivity index (χ0n) is 9.49. The SMILES string of the molecule is CSC(=N)c1c(C)c(C)cc(C)c1C. The highest BCUT2D eigenvalue weighted by Crippen LogP contribution is 2.24. The summed E-state index contributed by atoms with van der Waals surface area (Å²) in [4.78, 5) is 0. The first-order valence-electron chi connectivity index (χ1n) is 4.69. The van der Waals surface area contributed by atoms with E-state index in [1.165, 1.54) is 34.0 Å². The summed E-state index contributed by atoms with van der Waals surface area (Å²) in [5.74, 6) is 0. The second-order valence-electron chi connectivity index (χ2n) is 3.67. The van der Waals surface area contributed by atoms with E-state index in [1.54, 1.807) is 0 Å². The second-order valence-corrected chi connectivity index (χ2v) is 4.49. The summed E-state index contributed by atoms with van der Waals surface area (Å²) >= 11 is 1.51. The molecule has 1 aromatic rings. The smallest absolute Gasteiger partial charge is 0.0945 e. The molecule has 1 nitrogen and oxygen atoms in total. The van der Waals surface area contributed by atoms with Gasteiger partial charge in [-0.05, 0) is 56.2 Å². The molecule has 0 heterocycles. The standard InChI is InChI=1S/C12H17NS/c1-7-6-8(2)10(4)11(9(7)3)12(13)14-5/h6,13H,1-5H3. The third-order valence-electron chi connectivity index (χ3n) is 2.80. The average Bonchev–Trinajstić information content (AvgIpc) is 2.15. The van der Waals surface area contributed by atoms with E-state index in [0.29, 0.717) is 5.04 Å². The van der Waals surface area contributed by atoms with Crippen LogP contribution in [0.1, 0.15) is 27.8 Å². The van der Waals surface area contributed by atoms with Crippen LogP contribution in [0.2, 0.25) is 0 Å². The maximum absolute atomic E-state index is 7.92. The summed E-state index contributed by atoms with van der Waals surface area (Å²) in [5, 5.41) is 8.59. The molecule has 0 spiro atoms. The first kappa shape index (κ1) is 11.3. The lowest BCUT2D eigenvalue weighted by Gasteiger charge is -2.14. The van der Waals surface area contributed by atoms with Crippen molar-refractivity contribution in [3.05, 3.63) is 33.9 Å². The fraction of sp³-hybridized carbons (Fsp3) is 0.417. The molecule has 1 aromatic carbocycles. The minimum Gasteiger partial charge on any atom is -0.293 e. The van der Waals surface area contributed by atoms with Crippen LogP contribution in [0.15, 0.2) is 6.07 Å². The zero-order chi connectivity index (χ0) is 10.9. The molecule has 0 fully saturated rings. The first-order chi connectivity index (χ1) is 6.49. The zero-order valence-corrected chi connectivity index (χ0v) is 10.3. The van der Waals surface area contributed by atoms with Gasteiger partial charge in [-0.15, -0.1) is 11.8 Å². The normalized spacial score (nSPS) is 10.4. The van der Waals surface area contributed by atoms with Crippen LogP contribution in [0.5, 0.6) is 0 Å². The maximum atomic E-state index is 7.92. The first-order valence-corrected chi connectivity index (χ1v) is 5.91. The molecule has 0 saturated carbocycles. The van der Waals surface area contributed by atoms with Gasteiger partial charge in [0.2, 0.25) is 0 Å². The molecule has 0 aromatic heterocycles. The fourth-order valence-electron chi connectivity index (χ4n) is 1.66. The second kappa shape index (κ2) is 4.18. The van der Waals surface area contributed by atoms with Gasteiger partial charge in [0.05, 0.1) is 5.04 Å². The number of nitrogens with one attached hydrogen (secondary N) is 1. The van der Waals surface area contributed by atoms with Gasteiger partial charge in [-0.3, -0.25) is 5.41 Å². The monoisotopic (exact) mass is 207 g/mol. The summed E-state index contributed by atoms with van der Waals surface area (Å²) in [7, 11) is 0. The van der Waals surface area contributed by atoms with Crippen molar-refractivity contribution in [3.63, 3.8) is 0 Å². The molecule has 0 aliphatic carbocycles. The van der Waals surface area contributed by atoms with E-state index in [4.69, 9.17) is 5.41 Å². The van der Waals surface area contributed by atoms with Gasteiger partial charge in [0.1, 0.15) is 0 Å². The van der Waals surface area contributed by atoms with Crippen molar-refractivity contribution in [3.8, 4) is 0 Å². The van der Waals surface area contributed by atoms with Crippen molar-refractivity contribution < 1.29 is 0 Å². The Hall–Kier alpha value is -0.760. The van der Waals surface area contributed by atoms with Crippen LogP contribution in [0, 0.1) is 33.1 Å². The van der Waals surface area contributed by atoms with Crippen LogP contribution in [0.4, 0.5) is 0 Å². The van der Waals surface area contributed by atoms with Crippen molar-refractivity contribution in [1.82, 2.24) is 0 Å². The number of hydrogen-bond acceptors (Lipinski definition) is 2. The van der Waals surface area contributed by atoms with Crippen molar-refractivity contribution in [1.29, 1.82) is 5.41 Å². The molecular formula is C12H17NS. The molecule has 1 rings (SSSR count). The molecule has 0 atom stereocenters. The number of thioether (sulfide) groups is 1. The van der Waals surface area contributed by atoms with Crippen molar-refractivity contribution in [2.45, 2.75) is 27.7 Å². The quantitative estimate of drug-likeness (QED) is 0.552. The van der Waals surface area contributed by atoms with Gasteiger partial charge in [-0.1, -0.05) is 6.07 Å². The van der Waals surface area contributed by atoms with Gasteiger partial charge in [0.25, 0.3) is 0 Å². The van der Waals surface area contributed by atoms with E-state index < -0.39 is 0 Å². The largest absolute Gasteiger partial charge is 0.293 e. The Morgan fingerprint density at radius 2 is 1.50 bits per heavy atom. The van der Waals surface area contributed by atoms with Crippen molar-refractivity contribution in [2.75, 3.05) is 6.26 Å². The number of benzene rings is 1. The molecule has 14 heavy (non-hydrogen) atoms. The fourth-order valence-corrected chi connectivity index (χ4v) is 2.17. The number of rotatable bonds is 1. The van der Waals surface area contributed by atoms with E-state index in [0.717, 1.165) is 5.56 Å². The molecule has 2 heteroatoms. The molecule has 0 amide bonds. The summed E-state index contributed by atoms with van der Waals surface area (Å²) in [6, 6.07) is 2.20. The Bertz CT molecular complexity index is 354. The van der Waals surface area contributed by atoms with Crippen molar-refractivity contribution in [2.24, 2.45) is 0 Å². The van der Waals surface area contributed by atoms with E-state index >= 15 is 0 Å². The molecule has 0 unspecified atom stereocenters. The maximum Gasteiger partial charge on any atom is 0.0945 e. The third kappa shape index (κ3) is 1.85. The van der Waals surface area contributed by atoms with E-state index in [1.807, 2.05) is 6.26 Å². The summed E-state index contributed by atoms with van der Waals surface area (Å²) in [6.07, 6.45) is 1.96. The Balaban J connectivity index is 3.47. The van der Waals surface area contributed by atoms with Crippen LogP contribution in [0.25, 0.3) is 0 Å². The van der Waals surface area contributed by atoms with E-state index in [-0.39, 0.29) is 0 Å². The third-order valence-corrected chi connectivity index (χ3v) is 3.41. The molecule has 0 aliphatic heterocycles. The Morgan fingerprint density at radius 3 is 1.86 bits per heavy atom. The van der Waals surface area contributed by atoms with Crippen LogP contribution < -0.4 is 0 Å². The Kier molecular flexibility index (Phi) is 3.38. The topological polar surface area (TPSA) is 23.9 Å². The molecule has 76 valence electrons. The minimum absolute atomic E-state index is 0.673. The number of aryl methyl sites for hydroxylation is 2. The van der Waals surface area contributed by atoms with Gasteiger partial charge in [-0.2, -0.15) is 0 Å². The minimum atomic E-state index is 0.673. The summed E-state index contributed by atoms with van der Waals surface area (Å²) in [5.41, 5.74) is 6.17. The van der Waals surface area contributed by atoms with E-state index in [9.17, 15) is 0 Å². The predicted molar refractivity (Wildman–Crippen MR) is 65.7 cm³/mol. The Morgan fingerprint density at radius 1 is 1.07 bits per heavy atom. The van der Waals surface area contributed by atoms with Gasteiger partial charge >= 0.3 is 0 Å². The molecule has 0 bridgehead atoms. The van der Waals surface area contributed by atoms with Crippen LogP contribution >= 0.6 is 11.8 Å². The molecule has 0 radical (unpaired) electrons. The summed E-state index contributed by atoms with van der Waals surface area (Å²) in [6.45, 7) is 8.42. The highest BCUT2D eigenvalue weighted by Gasteiger charge is 2.11. The molecule has 0 saturated heterocycles. The highest BCUT2D eigenvalue weighted by molar-refractivity contribution is 8.13. The van der Waals surface area contributed by atoms with Crippen LogP contribution in [-0.4, -0.2) is 11.3 Å². The summed E-state index contributed by atoms with van der Waals surface area (Å²) < 4.78 is 0. The van der Waals surface area contributed by atoms with E-state index in [2.05, 4.69) is 33.8 Å². The van der Waals surface area contributed by atoms with Crippen molar-refractivity contribution >= 4 is 16.8 Å². The lowest BCUT2D eigenvalue weighted by atomic mass is 9.95. The van der Waals surface area contributed by atoms with Gasteiger partial charge < -0.3 is 0 Å². The Labute approximate surface area is 90.4 Å². The highest BCUT2D eigenvalue weighted by atomic mass is 32.2. The molecule has 1 N–H and O–H groups in total. The van der Waals surface area contributed by atoms with Gasteiger partial charge in [0.15, 0.2) is 0 Å².